The molecule has 7 nitrogen and oxygen atoms in total. The quantitative estimate of drug-likeness (QED) is 0.432. The number of ether oxygens (including phenoxy) is 1. The number of anilines is 2. The fourth-order valence-electron chi connectivity index (χ4n) is 3.10. The predicted octanol–water partition coefficient (Wildman–Crippen LogP) is 3.99. The monoisotopic (exact) mass is 369 g/mol. The second kappa shape index (κ2) is 9.02. The highest BCUT2D eigenvalue weighted by Crippen LogP contribution is 2.26. The summed E-state index contributed by atoms with van der Waals surface area (Å²) in [6.07, 6.45) is 3.22. The van der Waals surface area contributed by atoms with Gasteiger partial charge >= 0.3 is 5.69 Å². The van der Waals surface area contributed by atoms with Crippen molar-refractivity contribution in [3.63, 3.8) is 0 Å². The Balaban J connectivity index is 1.41. The van der Waals surface area contributed by atoms with Gasteiger partial charge in [0.25, 0.3) is 0 Å². The number of nitro groups is 1. The van der Waals surface area contributed by atoms with Crippen LogP contribution in [-0.4, -0.2) is 30.5 Å². The fraction of sp³-hybridized carbons (Fsp3) is 0.350. The van der Waals surface area contributed by atoms with E-state index >= 15 is 0 Å². The third-order valence-electron chi connectivity index (χ3n) is 4.49. The van der Waals surface area contributed by atoms with Crippen LogP contribution in [0.15, 0.2) is 48.5 Å². The van der Waals surface area contributed by atoms with Crippen LogP contribution in [0.25, 0.3) is 0 Å². The Bertz CT molecular complexity index is 786. The first kappa shape index (κ1) is 18.7. The molecule has 3 rings (SSSR count). The lowest BCUT2D eigenvalue weighted by atomic mass is 10.2. The van der Waals surface area contributed by atoms with Gasteiger partial charge in [0.1, 0.15) is 0 Å². The minimum Gasteiger partial charge on any atom is -0.487 e. The van der Waals surface area contributed by atoms with Crippen molar-refractivity contribution in [1.82, 2.24) is 0 Å². The number of hydrogen-bond donors (Lipinski definition) is 1. The molecule has 0 atom stereocenters. The molecule has 0 aliphatic carbocycles. The maximum absolute atomic E-state index is 12.1. The molecule has 2 aromatic carbocycles. The highest BCUT2D eigenvalue weighted by atomic mass is 16.6. The van der Waals surface area contributed by atoms with Crippen LogP contribution in [-0.2, 0) is 4.79 Å². The van der Waals surface area contributed by atoms with E-state index in [1.54, 1.807) is 18.2 Å². The van der Waals surface area contributed by atoms with Gasteiger partial charge in [-0.2, -0.15) is 0 Å². The van der Waals surface area contributed by atoms with E-state index in [0.29, 0.717) is 6.42 Å². The number of rotatable bonds is 8. The summed E-state index contributed by atoms with van der Waals surface area (Å²) in [5.74, 6) is 0.121. The molecule has 0 spiro atoms. The lowest BCUT2D eigenvalue weighted by Gasteiger charge is -2.17. The average Bonchev–Trinajstić information content (AvgIpc) is 3.21. The van der Waals surface area contributed by atoms with E-state index < -0.39 is 4.92 Å². The summed E-state index contributed by atoms with van der Waals surface area (Å²) < 4.78 is 5.44. The van der Waals surface area contributed by atoms with E-state index in [9.17, 15) is 14.9 Å². The Hall–Kier alpha value is -3.09. The largest absolute Gasteiger partial charge is 0.487 e. The molecule has 1 saturated heterocycles. The minimum atomic E-state index is -0.478. The number of hydrogen-bond acceptors (Lipinski definition) is 5. The number of para-hydroxylation sites is 2. The topological polar surface area (TPSA) is 84.7 Å². The third-order valence-corrected chi connectivity index (χ3v) is 4.49. The highest BCUT2D eigenvalue weighted by molar-refractivity contribution is 5.90. The number of nitrogens with one attached hydrogen (secondary N) is 1. The van der Waals surface area contributed by atoms with Gasteiger partial charge in [0.05, 0.1) is 11.5 Å². The van der Waals surface area contributed by atoms with E-state index in [4.69, 9.17) is 4.74 Å². The first-order chi connectivity index (χ1) is 13.1. The van der Waals surface area contributed by atoms with Gasteiger partial charge < -0.3 is 15.0 Å². The second-order valence-corrected chi connectivity index (χ2v) is 6.47. The van der Waals surface area contributed by atoms with Gasteiger partial charge in [0.15, 0.2) is 5.75 Å². The molecule has 0 aromatic heterocycles. The Morgan fingerprint density at radius 3 is 2.52 bits per heavy atom. The average molecular weight is 369 g/mol. The van der Waals surface area contributed by atoms with Crippen LogP contribution in [0.2, 0.25) is 0 Å². The van der Waals surface area contributed by atoms with Crippen molar-refractivity contribution in [2.45, 2.75) is 25.7 Å². The zero-order valence-electron chi connectivity index (χ0n) is 15.1. The van der Waals surface area contributed by atoms with E-state index in [2.05, 4.69) is 10.2 Å². The van der Waals surface area contributed by atoms with E-state index in [0.717, 1.165) is 18.8 Å². The number of amides is 1. The Labute approximate surface area is 158 Å². The minimum absolute atomic E-state index is 0.0694. The van der Waals surface area contributed by atoms with Gasteiger partial charge in [-0.25, -0.2) is 0 Å². The summed E-state index contributed by atoms with van der Waals surface area (Å²) in [7, 11) is 0. The van der Waals surface area contributed by atoms with E-state index in [1.165, 1.54) is 24.6 Å². The van der Waals surface area contributed by atoms with E-state index in [1.807, 2.05) is 24.3 Å². The van der Waals surface area contributed by atoms with Crippen molar-refractivity contribution in [1.29, 1.82) is 0 Å². The summed E-state index contributed by atoms with van der Waals surface area (Å²) in [6, 6.07) is 14.1. The smallest absolute Gasteiger partial charge is 0.310 e. The molecule has 0 saturated carbocycles. The summed E-state index contributed by atoms with van der Waals surface area (Å²) in [5.41, 5.74) is 1.88. The maximum Gasteiger partial charge on any atom is 0.310 e. The first-order valence-electron chi connectivity index (χ1n) is 9.14. The molecule has 1 amide bonds. The van der Waals surface area contributed by atoms with Crippen LogP contribution < -0.4 is 15.0 Å². The lowest BCUT2D eigenvalue weighted by molar-refractivity contribution is -0.385. The Morgan fingerprint density at radius 2 is 1.81 bits per heavy atom. The van der Waals surface area contributed by atoms with Gasteiger partial charge in [-0.3, -0.25) is 14.9 Å². The number of carbonyl (C=O) groups excluding carboxylic acids is 1. The van der Waals surface area contributed by atoms with Crippen molar-refractivity contribution < 1.29 is 14.5 Å². The number of nitro benzene ring substituents is 1. The normalized spacial score (nSPS) is 13.4. The highest BCUT2D eigenvalue weighted by Gasteiger charge is 2.14. The predicted molar refractivity (Wildman–Crippen MR) is 104 cm³/mol. The zero-order chi connectivity index (χ0) is 19.1. The molecule has 27 heavy (non-hydrogen) atoms. The van der Waals surface area contributed by atoms with Gasteiger partial charge in [-0.1, -0.05) is 12.1 Å². The van der Waals surface area contributed by atoms with Crippen molar-refractivity contribution in [2.24, 2.45) is 0 Å². The molecule has 1 heterocycles. The molecule has 2 aromatic rings. The standard InChI is InChI=1S/C20H23N3O4/c24-20(8-5-15-27-19-7-2-1-6-18(19)23(25)26)21-16-9-11-17(12-10-16)22-13-3-4-14-22/h1-2,6-7,9-12H,3-5,8,13-15H2,(H,21,24). The zero-order valence-corrected chi connectivity index (χ0v) is 15.1. The molecule has 142 valence electrons. The van der Waals surface area contributed by atoms with E-state index in [-0.39, 0.29) is 30.4 Å². The van der Waals surface area contributed by atoms with Crippen LogP contribution in [0.1, 0.15) is 25.7 Å². The molecule has 1 N–H and O–H groups in total. The molecule has 0 bridgehead atoms. The van der Waals surface area contributed by atoms with Crippen molar-refractivity contribution in [3.8, 4) is 5.75 Å². The molecule has 7 heteroatoms. The molecule has 1 aliphatic heterocycles. The van der Waals surface area contributed by atoms with Crippen LogP contribution in [0.4, 0.5) is 17.1 Å². The van der Waals surface area contributed by atoms with Crippen LogP contribution in [0.3, 0.4) is 0 Å². The van der Waals surface area contributed by atoms with Crippen molar-refractivity contribution in [2.75, 3.05) is 29.9 Å². The van der Waals surface area contributed by atoms with Gasteiger partial charge in [-0.15, -0.1) is 0 Å². The molecular formula is C20H23N3O4. The number of nitrogens with zero attached hydrogens (tertiary/aromatic N) is 2. The van der Waals surface area contributed by atoms with Crippen LogP contribution >= 0.6 is 0 Å². The molecule has 0 unspecified atom stereocenters. The van der Waals surface area contributed by atoms with Crippen molar-refractivity contribution >= 4 is 23.0 Å². The summed E-state index contributed by atoms with van der Waals surface area (Å²) in [4.78, 5) is 24.8. The summed E-state index contributed by atoms with van der Waals surface area (Å²) >= 11 is 0. The molecule has 1 fully saturated rings. The van der Waals surface area contributed by atoms with Crippen LogP contribution in [0.5, 0.6) is 5.75 Å². The summed E-state index contributed by atoms with van der Waals surface area (Å²) in [6.45, 7) is 2.42. The van der Waals surface area contributed by atoms with Crippen LogP contribution in [0, 0.1) is 10.1 Å². The second-order valence-electron chi connectivity index (χ2n) is 6.47. The first-order valence-corrected chi connectivity index (χ1v) is 9.14. The Morgan fingerprint density at radius 1 is 1.11 bits per heavy atom. The lowest BCUT2D eigenvalue weighted by Crippen LogP contribution is -2.17. The van der Waals surface area contributed by atoms with Crippen molar-refractivity contribution in [3.05, 3.63) is 58.6 Å². The van der Waals surface area contributed by atoms with Gasteiger partial charge in [-0.05, 0) is 49.6 Å². The SMILES string of the molecule is O=C(CCCOc1ccccc1[N+](=O)[O-])Nc1ccc(N2CCCC2)cc1. The number of benzene rings is 2. The Kier molecular flexibility index (Phi) is 6.25. The number of carbonyl (C=O) groups is 1. The fourth-order valence-corrected chi connectivity index (χ4v) is 3.10. The summed E-state index contributed by atoms with van der Waals surface area (Å²) in [5, 5.41) is 13.8. The molecular weight excluding hydrogens is 346 g/mol. The van der Waals surface area contributed by atoms with Gasteiger partial charge in [0.2, 0.25) is 5.91 Å². The molecule has 0 radical (unpaired) electrons. The van der Waals surface area contributed by atoms with Gasteiger partial charge in [0, 0.05) is 37.0 Å². The third kappa shape index (κ3) is 5.20. The molecule has 1 aliphatic rings. The maximum atomic E-state index is 12.1.